The second-order valence-corrected chi connectivity index (χ2v) is 9.78. The number of anilines is 1. The van der Waals surface area contributed by atoms with E-state index in [4.69, 9.17) is 42.5 Å². The summed E-state index contributed by atoms with van der Waals surface area (Å²) >= 11 is 13.8. The fourth-order valence-electron chi connectivity index (χ4n) is 3.69. The maximum atomic E-state index is 12.9. The van der Waals surface area contributed by atoms with Gasteiger partial charge in [0.25, 0.3) is 5.91 Å². The van der Waals surface area contributed by atoms with Gasteiger partial charge in [-0.1, -0.05) is 49.2 Å². The molecule has 0 aliphatic carbocycles. The minimum Gasteiger partial charge on any atom is -0.496 e. The number of carboxylic acids is 1. The van der Waals surface area contributed by atoms with Crippen molar-refractivity contribution >= 4 is 57.6 Å². The van der Waals surface area contributed by atoms with Crippen LogP contribution in [0.3, 0.4) is 0 Å². The third-order valence-corrected chi connectivity index (χ3v) is 7.12. The van der Waals surface area contributed by atoms with Gasteiger partial charge in [-0.3, -0.25) is 10.1 Å². The van der Waals surface area contributed by atoms with Crippen molar-refractivity contribution < 1.29 is 28.9 Å². The number of carboxylic acid groups (broad SMARTS) is 1. The van der Waals surface area contributed by atoms with Gasteiger partial charge in [0.1, 0.15) is 5.75 Å². The summed E-state index contributed by atoms with van der Waals surface area (Å²) in [6.45, 7) is 4.61. The van der Waals surface area contributed by atoms with Gasteiger partial charge in [-0.05, 0) is 37.1 Å². The fourth-order valence-corrected chi connectivity index (χ4v) is 4.99. The monoisotopic (exact) mass is 578 g/mol. The molecule has 2 N–H and O–H groups in total. The molecule has 2 aromatic carbocycles. The maximum absolute atomic E-state index is 12.9. The van der Waals surface area contributed by atoms with Crippen molar-refractivity contribution in [1.29, 1.82) is 0 Å². The lowest BCUT2D eigenvalue weighted by atomic mass is 10.1. The molecule has 38 heavy (non-hydrogen) atoms. The van der Waals surface area contributed by atoms with Crippen molar-refractivity contribution in [2.75, 3.05) is 19.5 Å². The van der Waals surface area contributed by atoms with E-state index >= 15 is 0 Å². The van der Waals surface area contributed by atoms with Crippen molar-refractivity contribution in [3.8, 4) is 17.0 Å². The lowest BCUT2D eigenvalue weighted by Gasteiger charge is -2.17. The Morgan fingerprint density at radius 1 is 1.16 bits per heavy atom. The predicted molar refractivity (Wildman–Crippen MR) is 150 cm³/mol. The summed E-state index contributed by atoms with van der Waals surface area (Å²) in [5.41, 5.74) is 2.74. The average molecular weight is 580 g/mol. The normalized spacial score (nSPS) is 11.5. The Morgan fingerprint density at radius 2 is 1.84 bits per heavy atom. The molecule has 11 heteroatoms. The van der Waals surface area contributed by atoms with Crippen LogP contribution in [-0.2, 0) is 20.9 Å². The first kappa shape index (κ1) is 29.4. The van der Waals surface area contributed by atoms with Crippen molar-refractivity contribution in [3.05, 3.63) is 68.2 Å². The molecular weight excluding hydrogens is 551 g/mol. The largest absolute Gasteiger partial charge is 0.496 e. The zero-order valence-corrected chi connectivity index (χ0v) is 23.7. The Labute approximate surface area is 235 Å². The SMILES string of the molecule is CCC(CC)OCc1cccc(-c2csc(NC(=O)c3cc(Cl)c(/C=C(/OC)C(=O)O)c(Cl)c3)n2)c1OC. The Morgan fingerprint density at radius 3 is 2.42 bits per heavy atom. The molecule has 0 bridgehead atoms. The van der Waals surface area contributed by atoms with E-state index in [2.05, 4.69) is 24.1 Å². The maximum Gasteiger partial charge on any atom is 0.371 e. The van der Waals surface area contributed by atoms with E-state index < -0.39 is 11.9 Å². The highest BCUT2D eigenvalue weighted by Crippen LogP contribution is 2.36. The Kier molecular flexibility index (Phi) is 10.6. The lowest BCUT2D eigenvalue weighted by molar-refractivity contribution is -0.135. The van der Waals surface area contributed by atoms with Crippen molar-refractivity contribution in [2.45, 2.75) is 39.4 Å². The van der Waals surface area contributed by atoms with Gasteiger partial charge in [0, 0.05) is 27.6 Å². The third kappa shape index (κ3) is 7.05. The Hall–Kier alpha value is -3.11. The van der Waals surface area contributed by atoms with Crippen LogP contribution in [0.5, 0.6) is 5.75 Å². The van der Waals surface area contributed by atoms with Crippen LogP contribution in [-0.4, -0.2) is 42.3 Å². The van der Waals surface area contributed by atoms with Crippen LogP contribution >= 0.6 is 34.5 Å². The first-order chi connectivity index (χ1) is 18.2. The Bertz CT molecular complexity index is 1310. The van der Waals surface area contributed by atoms with Crippen LogP contribution in [0, 0.1) is 0 Å². The smallest absolute Gasteiger partial charge is 0.371 e. The molecule has 0 atom stereocenters. The zero-order valence-electron chi connectivity index (χ0n) is 21.3. The van der Waals surface area contributed by atoms with E-state index in [1.54, 1.807) is 7.11 Å². The van der Waals surface area contributed by atoms with Crippen LogP contribution in [0.1, 0.15) is 48.2 Å². The van der Waals surface area contributed by atoms with E-state index in [0.717, 1.165) is 24.0 Å². The minimum atomic E-state index is -1.28. The van der Waals surface area contributed by atoms with E-state index in [1.165, 1.54) is 36.7 Å². The number of ether oxygens (including phenoxy) is 3. The van der Waals surface area contributed by atoms with E-state index in [-0.39, 0.29) is 33.0 Å². The summed E-state index contributed by atoms with van der Waals surface area (Å²) in [6.07, 6.45) is 3.23. The molecule has 0 saturated heterocycles. The number of carbonyl (C=O) groups is 2. The highest BCUT2D eigenvalue weighted by Gasteiger charge is 2.18. The molecular formula is C27H28Cl2N2O6S. The summed E-state index contributed by atoms with van der Waals surface area (Å²) in [5.74, 6) is -1.43. The molecule has 0 unspecified atom stereocenters. The van der Waals surface area contributed by atoms with E-state index in [9.17, 15) is 9.59 Å². The summed E-state index contributed by atoms with van der Waals surface area (Å²) in [6, 6.07) is 8.56. The molecule has 1 heterocycles. The molecule has 8 nitrogen and oxygen atoms in total. The molecule has 1 amide bonds. The highest BCUT2D eigenvalue weighted by atomic mass is 35.5. The number of amides is 1. The molecule has 1 aromatic heterocycles. The number of benzene rings is 2. The quantitative estimate of drug-likeness (QED) is 0.173. The number of aliphatic carboxylic acids is 1. The van der Waals surface area contributed by atoms with Crippen LogP contribution < -0.4 is 10.1 Å². The molecule has 0 fully saturated rings. The number of carbonyl (C=O) groups excluding carboxylic acids is 1. The minimum absolute atomic E-state index is 0.0930. The molecule has 0 aliphatic rings. The standard InChI is InChI=1S/C27H28Cl2N2O6S/c1-5-17(6-2)37-13-15-8-7-9-18(24(15)36-4)22-14-38-27(30-22)31-25(32)16-10-20(28)19(21(29)11-16)12-23(35-3)26(33)34/h7-12,14,17H,5-6,13H2,1-4H3,(H,33,34)(H,30,31,32)/b23-12+. The third-order valence-electron chi connectivity index (χ3n) is 5.73. The number of para-hydroxylation sites is 1. The number of hydrogen-bond donors (Lipinski definition) is 2. The molecule has 0 spiro atoms. The van der Waals surface area contributed by atoms with Gasteiger partial charge in [-0.2, -0.15) is 0 Å². The van der Waals surface area contributed by atoms with Gasteiger partial charge >= 0.3 is 5.97 Å². The molecule has 0 saturated carbocycles. The number of nitrogens with one attached hydrogen (secondary N) is 1. The van der Waals surface area contributed by atoms with Gasteiger partial charge in [0.05, 0.1) is 42.7 Å². The summed E-state index contributed by atoms with van der Waals surface area (Å²) in [5, 5.41) is 14.3. The van der Waals surface area contributed by atoms with Crippen molar-refractivity contribution in [3.63, 3.8) is 0 Å². The van der Waals surface area contributed by atoms with Gasteiger partial charge in [0.2, 0.25) is 5.76 Å². The predicted octanol–water partition coefficient (Wildman–Crippen LogP) is 7.15. The van der Waals surface area contributed by atoms with Crippen LogP contribution in [0.4, 0.5) is 5.13 Å². The molecule has 0 aliphatic heterocycles. The summed E-state index contributed by atoms with van der Waals surface area (Å²) in [7, 11) is 2.83. The van der Waals surface area contributed by atoms with Crippen molar-refractivity contribution in [1.82, 2.24) is 4.98 Å². The Balaban J connectivity index is 1.81. The first-order valence-corrected chi connectivity index (χ1v) is 13.4. The van der Waals surface area contributed by atoms with Crippen LogP contribution in [0.2, 0.25) is 10.0 Å². The average Bonchev–Trinajstić information content (AvgIpc) is 3.36. The number of hydrogen-bond acceptors (Lipinski definition) is 7. The van der Waals surface area contributed by atoms with Gasteiger partial charge < -0.3 is 19.3 Å². The van der Waals surface area contributed by atoms with Gasteiger partial charge in [-0.25, -0.2) is 9.78 Å². The first-order valence-electron chi connectivity index (χ1n) is 11.7. The van der Waals surface area contributed by atoms with E-state index in [0.29, 0.717) is 23.2 Å². The second kappa shape index (κ2) is 13.6. The number of nitrogens with zero attached hydrogens (tertiary/aromatic N) is 1. The van der Waals surface area contributed by atoms with Gasteiger partial charge in [0.15, 0.2) is 5.13 Å². The van der Waals surface area contributed by atoms with Crippen LogP contribution in [0.25, 0.3) is 17.3 Å². The van der Waals surface area contributed by atoms with Gasteiger partial charge in [-0.15, -0.1) is 11.3 Å². The molecule has 3 aromatic rings. The highest BCUT2D eigenvalue weighted by molar-refractivity contribution is 7.14. The number of rotatable bonds is 12. The number of halogens is 2. The molecule has 3 rings (SSSR count). The number of aromatic nitrogens is 1. The molecule has 0 radical (unpaired) electrons. The zero-order chi connectivity index (χ0) is 27.8. The van der Waals surface area contributed by atoms with Crippen molar-refractivity contribution in [2.24, 2.45) is 0 Å². The number of thiazole rings is 1. The summed E-state index contributed by atoms with van der Waals surface area (Å²) < 4.78 is 16.5. The number of methoxy groups -OCH3 is 2. The topological polar surface area (TPSA) is 107 Å². The second-order valence-electron chi connectivity index (χ2n) is 8.11. The fraction of sp³-hybridized carbons (Fsp3) is 0.296. The summed E-state index contributed by atoms with van der Waals surface area (Å²) in [4.78, 5) is 28.7. The molecule has 202 valence electrons. The lowest BCUT2D eigenvalue weighted by Crippen LogP contribution is -2.12. The van der Waals surface area contributed by atoms with Crippen LogP contribution in [0.15, 0.2) is 41.5 Å². The van der Waals surface area contributed by atoms with E-state index in [1.807, 2.05) is 23.6 Å².